The van der Waals surface area contributed by atoms with E-state index >= 15 is 0 Å². The van der Waals surface area contributed by atoms with Crippen molar-refractivity contribution >= 4 is 28.9 Å². The Morgan fingerprint density at radius 3 is 2.57 bits per heavy atom. The molecule has 0 bridgehead atoms. The summed E-state index contributed by atoms with van der Waals surface area (Å²) in [6.45, 7) is 6.24. The third kappa shape index (κ3) is 5.28. The van der Waals surface area contributed by atoms with Crippen LogP contribution in [0.15, 0.2) is 79.0 Å². The lowest BCUT2D eigenvalue weighted by molar-refractivity contribution is -0.146. The number of anilines is 3. The summed E-state index contributed by atoms with van der Waals surface area (Å²) in [6.07, 6.45) is 2.29. The first kappa shape index (κ1) is 31.0. The first-order chi connectivity index (χ1) is 22.6. The maximum atomic E-state index is 14.8. The van der Waals surface area contributed by atoms with Crippen LogP contribution in [0.1, 0.15) is 44.0 Å². The zero-order valence-corrected chi connectivity index (χ0v) is 26.7. The number of benzene rings is 3. The molecule has 1 spiro atoms. The Morgan fingerprint density at radius 1 is 1.02 bits per heavy atom. The largest absolute Gasteiger partial charge is 0.482 e. The first-order valence-electron chi connectivity index (χ1n) is 16.1. The predicted molar refractivity (Wildman–Crippen MR) is 174 cm³/mol. The van der Waals surface area contributed by atoms with Gasteiger partial charge >= 0.3 is 0 Å². The molecule has 1 fully saturated rings. The van der Waals surface area contributed by atoms with Crippen LogP contribution in [0.3, 0.4) is 0 Å². The second-order valence-corrected chi connectivity index (χ2v) is 13.2. The number of aromatic nitrogens is 3. The summed E-state index contributed by atoms with van der Waals surface area (Å²) < 4.78 is 14.3. The molecule has 3 aliphatic heterocycles. The van der Waals surface area contributed by atoms with Crippen molar-refractivity contribution in [3.05, 3.63) is 95.8 Å². The van der Waals surface area contributed by atoms with Crippen LogP contribution in [0, 0.1) is 11.8 Å². The Balaban J connectivity index is 1.20. The molecule has 4 heterocycles. The van der Waals surface area contributed by atoms with E-state index in [2.05, 4.69) is 10.3 Å². The molecule has 7 rings (SSSR count). The molecule has 2 N–H and O–H groups in total. The van der Waals surface area contributed by atoms with Gasteiger partial charge in [0.1, 0.15) is 5.75 Å². The molecule has 4 atom stereocenters. The molecular weight excluding hydrogens is 598 g/mol. The fourth-order valence-corrected chi connectivity index (χ4v) is 7.76. The number of amides is 2. The standard InChI is InChI=1S/C36H39N5O6/c1-23-33(35(2,3)45)31(15-17-39-21-25(16-18-42)37-38-39)47-36(23)27-11-4-5-12-28(27)40(34(36)44)20-24-9-8-10-26(19-24)41-29-13-6-7-14-30(29)46-22-32(41)43/h4-14,19,21,23,31,33,42,45H,15-18,20,22H2,1-3H3/t23-,31+,33-,36+/m0/s1. The van der Waals surface area contributed by atoms with Crippen LogP contribution >= 0.6 is 0 Å². The van der Waals surface area contributed by atoms with Crippen molar-refractivity contribution in [2.75, 3.05) is 23.0 Å². The highest BCUT2D eigenvalue weighted by molar-refractivity contribution is 6.08. The van der Waals surface area contributed by atoms with Crippen molar-refractivity contribution in [3.63, 3.8) is 0 Å². The Hall–Kier alpha value is -4.58. The molecule has 47 heavy (non-hydrogen) atoms. The number of aliphatic hydroxyl groups is 2. The zero-order chi connectivity index (χ0) is 32.9. The van der Waals surface area contributed by atoms with Gasteiger partial charge in [-0.05, 0) is 56.2 Å². The summed E-state index contributed by atoms with van der Waals surface area (Å²) in [7, 11) is 0. The minimum atomic E-state index is -1.28. The second kappa shape index (κ2) is 11.9. The first-order valence-corrected chi connectivity index (χ1v) is 16.1. The zero-order valence-electron chi connectivity index (χ0n) is 26.7. The summed E-state index contributed by atoms with van der Waals surface area (Å²) in [5, 5.41) is 29.0. The van der Waals surface area contributed by atoms with Crippen LogP contribution in [0.25, 0.3) is 0 Å². The molecule has 0 saturated carbocycles. The molecule has 0 aliphatic carbocycles. The van der Waals surface area contributed by atoms with E-state index in [1.807, 2.05) is 79.7 Å². The van der Waals surface area contributed by atoms with Crippen molar-refractivity contribution in [3.8, 4) is 5.75 Å². The van der Waals surface area contributed by atoms with Gasteiger partial charge in [-0.25, -0.2) is 0 Å². The molecule has 1 saturated heterocycles. The third-order valence-corrected chi connectivity index (χ3v) is 9.70. The third-order valence-electron chi connectivity index (χ3n) is 9.70. The maximum absolute atomic E-state index is 14.8. The fourth-order valence-electron chi connectivity index (χ4n) is 7.76. The number of aryl methyl sites for hydroxylation is 1. The molecule has 11 nitrogen and oxygen atoms in total. The van der Waals surface area contributed by atoms with Gasteiger partial charge in [0, 0.05) is 48.9 Å². The summed E-state index contributed by atoms with van der Waals surface area (Å²) >= 11 is 0. The molecular formula is C36H39N5O6. The molecule has 244 valence electrons. The Bertz CT molecular complexity index is 1820. The van der Waals surface area contributed by atoms with Gasteiger partial charge < -0.3 is 24.6 Å². The van der Waals surface area contributed by atoms with Gasteiger partial charge in [0.2, 0.25) is 0 Å². The van der Waals surface area contributed by atoms with Gasteiger partial charge in [0.05, 0.1) is 35.3 Å². The van der Waals surface area contributed by atoms with Gasteiger partial charge in [-0.2, -0.15) is 0 Å². The number of ether oxygens (including phenoxy) is 2. The van der Waals surface area contributed by atoms with E-state index in [4.69, 9.17) is 9.47 Å². The quantitative estimate of drug-likeness (QED) is 0.280. The van der Waals surface area contributed by atoms with Gasteiger partial charge in [-0.1, -0.05) is 54.6 Å². The van der Waals surface area contributed by atoms with E-state index in [-0.39, 0.29) is 43.4 Å². The number of carbonyl (C=O) groups excluding carboxylic acids is 2. The average molecular weight is 638 g/mol. The number of hydrogen-bond acceptors (Lipinski definition) is 8. The molecule has 2 amide bonds. The van der Waals surface area contributed by atoms with Crippen molar-refractivity contribution in [2.45, 2.75) is 64.0 Å². The van der Waals surface area contributed by atoms with Crippen LogP contribution in [0.5, 0.6) is 5.75 Å². The second-order valence-electron chi connectivity index (χ2n) is 13.2. The van der Waals surface area contributed by atoms with Crippen LogP contribution < -0.4 is 14.5 Å². The number of carbonyl (C=O) groups is 2. The highest BCUT2D eigenvalue weighted by atomic mass is 16.5. The van der Waals surface area contributed by atoms with Crippen LogP contribution in [0.4, 0.5) is 17.1 Å². The SMILES string of the molecule is C[C@H]1[C@H](C(C)(C)O)[C@@H](CCn2cc(CCO)nn2)O[C@]12C(=O)N(Cc1cccc(N3C(=O)COc4ccccc43)c1)c1ccccc12. The number of nitrogens with zero attached hydrogens (tertiary/aromatic N) is 5. The van der Waals surface area contributed by atoms with Crippen molar-refractivity contribution < 1.29 is 29.3 Å². The maximum Gasteiger partial charge on any atom is 0.269 e. The monoisotopic (exact) mass is 637 g/mol. The van der Waals surface area contributed by atoms with Crippen molar-refractivity contribution in [1.82, 2.24) is 15.0 Å². The Morgan fingerprint density at radius 2 is 1.79 bits per heavy atom. The number of aliphatic hydroxyl groups excluding tert-OH is 1. The smallest absolute Gasteiger partial charge is 0.269 e. The van der Waals surface area contributed by atoms with Crippen molar-refractivity contribution in [1.29, 1.82) is 0 Å². The highest BCUT2D eigenvalue weighted by Gasteiger charge is 2.65. The van der Waals surface area contributed by atoms with Crippen LogP contribution in [-0.2, 0) is 39.4 Å². The number of fused-ring (bicyclic) bond motifs is 3. The summed E-state index contributed by atoms with van der Waals surface area (Å²) in [5.41, 5.74) is 2.06. The van der Waals surface area contributed by atoms with E-state index in [0.717, 1.165) is 16.8 Å². The van der Waals surface area contributed by atoms with Gasteiger partial charge in [-0.15, -0.1) is 5.10 Å². The van der Waals surface area contributed by atoms with Crippen molar-refractivity contribution in [2.24, 2.45) is 11.8 Å². The van der Waals surface area contributed by atoms with Gasteiger partial charge in [-0.3, -0.25) is 19.2 Å². The van der Waals surface area contributed by atoms with Crippen LogP contribution in [0.2, 0.25) is 0 Å². The minimum Gasteiger partial charge on any atom is -0.482 e. The Labute approximate surface area is 273 Å². The molecule has 4 aromatic rings. The van der Waals surface area contributed by atoms with E-state index in [1.54, 1.807) is 34.5 Å². The molecule has 0 unspecified atom stereocenters. The summed E-state index contributed by atoms with van der Waals surface area (Å²) in [6, 6.07) is 22.8. The lowest BCUT2D eigenvalue weighted by Gasteiger charge is -2.34. The average Bonchev–Trinajstić information content (AvgIpc) is 3.70. The minimum absolute atomic E-state index is 0.00709. The molecule has 0 radical (unpaired) electrons. The molecule has 3 aliphatic rings. The topological polar surface area (TPSA) is 130 Å². The lowest BCUT2D eigenvalue weighted by atomic mass is 9.71. The summed E-state index contributed by atoms with van der Waals surface area (Å²) in [5.74, 6) is -0.404. The molecule has 1 aromatic heterocycles. The van der Waals surface area contributed by atoms with E-state index in [0.29, 0.717) is 42.2 Å². The van der Waals surface area contributed by atoms with E-state index in [9.17, 15) is 19.8 Å². The van der Waals surface area contributed by atoms with Gasteiger partial charge in [0.15, 0.2) is 12.2 Å². The lowest BCUT2D eigenvalue weighted by Crippen LogP contribution is -2.46. The fraction of sp³-hybridized carbons (Fsp3) is 0.389. The Kier molecular flexibility index (Phi) is 7.86. The summed E-state index contributed by atoms with van der Waals surface area (Å²) in [4.78, 5) is 31.2. The van der Waals surface area contributed by atoms with Gasteiger partial charge in [0.25, 0.3) is 11.8 Å². The number of hydrogen-bond donors (Lipinski definition) is 2. The van der Waals surface area contributed by atoms with E-state index < -0.39 is 17.3 Å². The number of rotatable bonds is 9. The molecule has 11 heteroatoms. The normalized spacial score (nSPS) is 23.7. The number of para-hydroxylation sites is 3. The predicted octanol–water partition coefficient (Wildman–Crippen LogP) is 4.12. The highest BCUT2D eigenvalue weighted by Crippen LogP contribution is 2.58. The molecule has 3 aromatic carbocycles. The van der Waals surface area contributed by atoms with Crippen LogP contribution in [-0.4, -0.2) is 61.9 Å². The van der Waals surface area contributed by atoms with E-state index in [1.165, 1.54) is 0 Å².